The van der Waals surface area contributed by atoms with Crippen molar-refractivity contribution >= 4 is 49.4 Å². The Morgan fingerprint density at radius 2 is 2.06 bits per heavy atom. The summed E-state index contributed by atoms with van der Waals surface area (Å²) in [6.07, 6.45) is 0. The molecule has 0 aliphatic rings. The highest BCUT2D eigenvalue weighted by Crippen LogP contribution is 2.22. The van der Waals surface area contributed by atoms with Crippen molar-refractivity contribution in [3.8, 4) is 0 Å². The molecule has 0 unspecified atom stereocenters. The maximum atomic E-state index is 12.0. The molecular weight excluding hydrogens is 369 g/mol. The van der Waals surface area contributed by atoms with Gasteiger partial charge in [-0.3, -0.25) is 4.79 Å². The van der Waals surface area contributed by atoms with E-state index < -0.39 is 0 Å². The predicted molar refractivity (Wildman–Crippen MR) is 78.7 cm³/mol. The van der Waals surface area contributed by atoms with Gasteiger partial charge in [0, 0.05) is 21.4 Å². The van der Waals surface area contributed by atoms with Crippen molar-refractivity contribution in [3.05, 3.63) is 32.7 Å². The Morgan fingerprint density at radius 3 is 2.65 bits per heavy atom. The van der Waals surface area contributed by atoms with E-state index in [4.69, 9.17) is 11.6 Å². The summed E-state index contributed by atoms with van der Waals surface area (Å²) in [7, 11) is 0. The van der Waals surface area contributed by atoms with Gasteiger partial charge in [-0.05, 0) is 39.5 Å². The second-order valence-electron chi connectivity index (χ2n) is 4.60. The van der Waals surface area contributed by atoms with Crippen LogP contribution in [-0.2, 0) is 0 Å². The zero-order chi connectivity index (χ0) is 13.1. The van der Waals surface area contributed by atoms with Crippen molar-refractivity contribution in [2.24, 2.45) is 5.41 Å². The van der Waals surface area contributed by atoms with Gasteiger partial charge in [0.15, 0.2) is 0 Å². The summed E-state index contributed by atoms with van der Waals surface area (Å²) < 4.78 is 1.66. The molecule has 1 aromatic rings. The molecule has 0 atom stereocenters. The first-order valence-corrected chi connectivity index (χ1v) is 7.27. The zero-order valence-corrected chi connectivity index (χ0v) is 13.6. The van der Waals surface area contributed by atoms with Crippen LogP contribution in [0, 0.1) is 5.41 Å². The smallest absolute Gasteiger partial charge is 0.252 e. The molecule has 0 spiro atoms. The molecule has 1 aromatic carbocycles. The highest BCUT2D eigenvalue weighted by Gasteiger charge is 2.18. The van der Waals surface area contributed by atoms with Crippen LogP contribution in [0.25, 0.3) is 0 Å². The first kappa shape index (κ1) is 15.0. The monoisotopic (exact) mass is 381 g/mol. The highest BCUT2D eigenvalue weighted by atomic mass is 79.9. The molecule has 0 aromatic heterocycles. The zero-order valence-electron chi connectivity index (χ0n) is 9.69. The third-order valence-corrected chi connectivity index (χ3v) is 4.17. The van der Waals surface area contributed by atoms with Gasteiger partial charge in [-0.1, -0.05) is 29.8 Å². The second-order valence-corrected chi connectivity index (χ2v) is 6.64. The quantitative estimate of drug-likeness (QED) is 0.776. The lowest BCUT2D eigenvalue weighted by Crippen LogP contribution is -2.35. The first-order chi connectivity index (χ1) is 7.85. The molecule has 0 saturated carbocycles. The number of hydrogen-bond acceptors (Lipinski definition) is 1. The summed E-state index contributed by atoms with van der Waals surface area (Å²) in [4.78, 5) is 12.0. The van der Waals surface area contributed by atoms with E-state index in [9.17, 15) is 4.79 Å². The molecular formula is C12H14Br2ClNO. The SMILES string of the molecule is CC(C)(CCl)CNC(=O)c1cc(Br)ccc1Br. The Kier molecular flexibility index (Phi) is 5.48. The van der Waals surface area contributed by atoms with Crippen LogP contribution >= 0.6 is 43.5 Å². The fraction of sp³-hybridized carbons (Fsp3) is 0.417. The van der Waals surface area contributed by atoms with Gasteiger partial charge in [-0.15, -0.1) is 11.6 Å². The van der Waals surface area contributed by atoms with Gasteiger partial charge in [0.05, 0.1) is 5.56 Å². The first-order valence-electron chi connectivity index (χ1n) is 5.15. The number of nitrogens with one attached hydrogen (secondary N) is 1. The lowest BCUT2D eigenvalue weighted by Gasteiger charge is -2.21. The fourth-order valence-electron chi connectivity index (χ4n) is 1.13. The van der Waals surface area contributed by atoms with Crippen molar-refractivity contribution < 1.29 is 4.79 Å². The van der Waals surface area contributed by atoms with Crippen molar-refractivity contribution in [3.63, 3.8) is 0 Å². The molecule has 94 valence electrons. The standard InChI is InChI=1S/C12H14Br2ClNO/c1-12(2,6-15)7-16-11(17)9-5-8(13)3-4-10(9)14/h3-5H,6-7H2,1-2H3,(H,16,17). The number of amides is 1. The average Bonchev–Trinajstić information content (AvgIpc) is 2.29. The minimum Gasteiger partial charge on any atom is -0.351 e. The van der Waals surface area contributed by atoms with Gasteiger partial charge in [0.2, 0.25) is 0 Å². The van der Waals surface area contributed by atoms with Crippen molar-refractivity contribution in [2.45, 2.75) is 13.8 Å². The molecule has 0 heterocycles. The molecule has 0 aliphatic heterocycles. The van der Waals surface area contributed by atoms with Crippen molar-refractivity contribution in [1.29, 1.82) is 0 Å². The average molecular weight is 384 g/mol. The minimum atomic E-state index is -0.101. The number of rotatable bonds is 4. The Labute approximate surface area is 123 Å². The molecule has 1 N–H and O–H groups in total. The molecule has 5 heteroatoms. The summed E-state index contributed by atoms with van der Waals surface area (Å²) in [6, 6.07) is 5.50. The second kappa shape index (κ2) is 6.21. The summed E-state index contributed by atoms with van der Waals surface area (Å²) in [5.41, 5.74) is 0.514. The third-order valence-electron chi connectivity index (χ3n) is 2.26. The van der Waals surface area contributed by atoms with Crippen LogP contribution in [0.15, 0.2) is 27.1 Å². The fourth-order valence-corrected chi connectivity index (χ4v) is 2.02. The lowest BCUT2D eigenvalue weighted by molar-refractivity contribution is 0.0939. The molecule has 0 aliphatic carbocycles. The maximum Gasteiger partial charge on any atom is 0.252 e. The van der Waals surface area contributed by atoms with Crippen molar-refractivity contribution in [1.82, 2.24) is 5.32 Å². The molecule has 17 heavy (non-hydrogen) atoms. The van der Waals surface area contributed by atoms with Gasteiger partial charge >= 0.3 is 0 Å². The Balaban J connectivity index is 2.74. The van der Waals surface area contributed by atoms with E-state index in [2.05, 4.69) is 37.2 Å². The summed E-state index contributed by atoms with van der Waals surface area (Å²) in [6.45, 7) is 4.57. The number of alkyl halides is 1. The summed E-state index contributed by atoms with van der Waals surface area (Å²) >= 11 is 12.5. The van der Waals surface area contributed by atoms with E-state index in [-0.39, 0.29) is 11.3 Å². The van der Waals surface area contributed by atoms with Gasteiger partial charge < -0.3 is 5.32 Å². The predicted octanol–water partition coefficient (Wildman–Crippen LogP) is 4.21. The largest absolute Gasteiger partial charge is 0.351 e. The van der Waals surface area contributed by atoms with Crippen LogP contribution in [0.4, 0.5) is 0 Å². The van der Waals surface area contributed by atoms with E-state index in [1.807, 2.05) is 26.0 Å². The molecule has 1 amide bonds. The highest BCUT2D eigenvalue weighted by molar-refractivity contribution is 9.11. The van der Waals surface area contributed by atoms with Gasteiger partial charge in [-0.25, -0.2) is 0 Å². The van der Waals surface area contributed by atoms with E-state index >= 15 is 0 Å². The van der Waals surface area contributed by atoms with E-state index in [0.29, 0.717) is 18.0 Å². The van der Waals surface area contributed by atoms with Gasteiger partial charge in [0.25, 0.3) is 5.91 Å². The van der Waals surface area contributed by atoms with E-state index in [0.717, 1.165) is 8.95 Å². The molecule has 0 fully saturated rings. The summed E-state index contributed by atoms with van der Waals surface area (Å²) in [5, 5.41) is 2.88. The van der Waals surface area contributed by atoms with Crippen LogP contribution in [0.3, 0.4) is 0 Å². The normalized spacial score (nSPS) is 11.4. The molecule has 0 radical (unpaired) electrons. The Hall–Kier alpha value is -0.0600. The van der Waals surface area contributed by atoms with Crippen LogP contribution < -0.4 is 5.32 Å². The topological polar surface area (TPSA) is 29.1 Å². The van der Waals surface area contributed by atoms with Crippen LogP contribution in [0.1, 0.15) is 24.2 Å². The molecule has 0 saturated heterocycles. The molecule has 0 bridgehead atoms. The number of benzene rings is 1. The third kappa shape index (κ3) is 4.60. The van der Waals surface area contributed by atoms with Crippen LogP contribution in [0.5, 0.6) is 0 Å². The number of halogens is 3. The van der Waals surface area contributed by atoms with Crippen LogP contribution in [0.2, 0.25) is 0 Å². The van der Waals surface area contributed by atoms with E-state index in [1.165, 1.54) is 0 Å². The minimum absolute atomic E-state index is 0.101. The number of carbonyl (C=O) groups excluding carboxylic acids is 1. The Bertz CT molecular complexity index is 421. The van der Waals surface area contributed by atoms with Gasteiger partial charge in [0.1, 0.15) is 0 Å². The van der Waals surface area contributed by atoms with Crippen molar-refractivity contribution in [2.75, 3.05) is 12.4 Å². The lowest BCUT2D eigenvalue weighted by atomic mass is 9.96. The molecule has 2 nitrogen and oxygen atoms in total. The maximum absolute atomic E-state index is 12.0. The van der Waals surface area contributed by atoms with Crippen LogP contribution in [-0.4, -0.2) is 18.3 Å². The number of hydrogen-bond donors (Lipinski definition) is 1. The van der Waals surface area contributed by atoms with E-state index in [1.54, 1.807) is 6.07 Å². The number of carbonyl (C=O) groups is 1. The van der Waals surface area contributed by atoms with Gasteiger partial charge in [-0.2, -0.15) is 0 Å². The Morgan fingerprint density at radius 1 is 1.41 bits per heavy atom. The summed E-state index contributed by atoms with van der Waals surface area (Å²) in [5.74, 6) is 0.406. The molecule has 1 rings (SSSR count).